The van der Waals surface area contributed by atoms with Crippen molar-refractivity contribution in [2.75, 3.05) is 26.8 Å². The molecule has 1 saturated carbocycles. The minimum atomic E-state index is -0.410. The van der Waals surface area contributed by atoms with E-state index in [1.54, 1.807) is 42.3 Å². The number of amides is 2. The first-order valence-corrected chi connectivity index (χ1v) is 11.5. The van der Waals surface area contributed by atoms with E-state index >= 15 is 0 Å². The second-order valence-corrected chi connectivity index (χ2v) is 8.85. The Kier molecular flexibility index (Phi) is 7.40. The van der Waals surface area contributed by atoms with Crippen LogP contribution in [0.2, 0.25) is 5.02 Å². The van der Waals surface area contributed by atoms with Gasteiger partial charge in [-0.15, -0.1) is 0 Å². The minimum absolute atomic E-state index is 0.0211. The molecule has 8 heteroatoms. The van der Waals surface area contributed by atoms with Gasteiger partial charge in [-0.25, -0.2) is 9.40 Å². The highest BCUT2D eigenvalue weighted by atomic mass is 35.5. The maximum atomic E-state index is 14.5. The molecule has 174 valence electrons. The van der Waals surface area contributed by atoms with Crippen LogP contribution in [0.1, 0.15) is 42.9 Å². The van der Waals surface area contributed by atoms with Gasteiger partial charge >= 0.3 is 0 Å². The fraction of sp³-hybridized carbons (Fsp3) is 0.400. The summed E-state index contributed by atoms with van der Waals surface area (Å²) in [6.45, 7) is 0.577. The zero-order valence-corrected chi connectivity index (χ0v) is 19.3. The van der Waals surface area contributed by atoms with Crippen molar-refractivity contribution >= 4 is 29.1 Å². The Morgan fingerprint density at radius 2 is 1.91 bits per heavy atom. The largest absolute Gasteiger partial charge is 0.383 e. The van der Waals surface area contributed by atoms with Crippen LogP contribution in [0.3, 0.4) is 0 Å². The van der Waals surface area contributed by atoms with Gasteiger partial charge in [-0.2, -0.15) is 5.10 Å². The Hall–Kier alpha value is -2.77. The summed E-state index contributed by atoms with van der Waals surface area (Å²) in [5.74, 6) is -0.752. The molecule has 1 fully saturated rings. The van der Waals surface area contributed by atoms with Crippen LogP contribution in [-0.2, 0) is 14.3 Å². The van der Waals surface area contributed by atoms with Crippen LogP contribution >= 0.6 is 11.6 Å². The fourth-order valence-electron chi connectivity index (χ4n) is 4.16. The smallest absolute Gasteiger partial charge is 0.262 e. The number of hydrazone groups is 1. The Labute approximate surface area is 198 Å². The van der Waals surface area contributed by atoms with Crippen molar-refractivity contribution in [3.05, 3.63) is 70.5 Å². The second kappa shape index (κ2) is 10.4. The molecule has 4 rings (SSSR count). The van der Waals surface area contributed by atoms with Crippen molar-refractivity contribution in [1.82, 2.24) is 9.91 Å². The lowest BCUT2D eigenvalue weighted by Gasteiger charge is -2.32. The number of rotatable bonds is 8. The Morgan fingerprint density at radius 1 is 1.18 bits per heavy atom. The molecule has 1 aliphatic heterocycles. The zero-order valence-electron chi connectivity index (χ0n) is 18.5. The molecular formula is C25H27ClFN3O3. The van der Waals surface area contributed by atoms with Crippen LogP contribution in [-0.4, -0.2) is 54.2 Å². The zero-order chi connectivity index (χ0) is 23.4. The van der Waals surface area contributed by atoms with Crippen molar-refractivity contribution in [1.29, 1.82) is 0 Å². The van der Waals surface area contributed by atoms with Gasteiger partial charge in [-0.3, -0.25) is 9.59 Å². The quantitative estimate of drug-likeness (QED) is 0.572. The first kappa shape index (κ1) is 23.4. The van der Waals surface area contributed by atoms with Crippen LogP contribution in [0.15, 0.2) is 53.6 Å². The lowest BCUT2D eigenvalue weighted by atomic mass is 9.84. The molecule has 0 spiro atoms. The number of carbonyl (C=O) groups excluding carboxylic acids is 2. The first-order chi connectivity index (χ1) is 16.0. The third-order valence-corrected chi connectivity index (χ3v) is 6.51. The average Bonchev–Trinajstić information content (AvgIpc) is 3.21. The van der Waals surface area contributed by atoms with Gasteiger partial charge in [0.25, 0.3) is 5.91 Å². The maximum Gasteiger partial charge on any atom is 0.262 e. The molecule has 0 radical (unpaired) electrons. The van der Waals surface area contributed by atoms with Gasteiger partial charge < -0.3 is 9.64 Å². The number of carbonyl (C=O) groups is 2. The van der Waals surface area contributed by atoms with Gasteiger partial charge in [-0.1, -0.05) is 48.4 Å². The molecule has 1 aliphatic carbocycles. The van der Waals surface area contributed by atoms with Gasteiger partial charge in [0.2, 0.25) is 5.91 Å². The number of ether oxygens (including phenoxy) is 1. The molecule has 0 saturated heterocycles. The standard InChI is InChI=1S/C25H27ClFN3O3/c1-33-14-13-29(25(32)18-5-4-6-18)16-24(31)30-23(17-9-11-19(26)12-10-17)15-22(28-30)20-7-2-3-8-21(20)27/h2-3,7-12,18,23H,4-6,13-16H2,1H3/t23-/m0/s1. The van der Waals surface area contributed by atoms with Gasteiger partial charge in [0.05, 0.1) is 18.4 Å². The molecule has 2 amide bonds. The van der Waals surface area contributed by atoms with Gasteiger partial charge in [0, 0.05) is 36.6 Å². The highest BCUT2D eigenvalue weighted by molar-refractivity contribution is 6.30. The minimum Gasteiger partial charge on any atom is -0.383 e. The molecule has 0 unspecified atom stereocenters. The van der Waals surface area contributed by atoms with Gasteiger partial charge in [-0.05, 0) is 36.6 Å². The normalized spacial score (nSPS) is 18.1. The van der Waals surface area contributed by atoms with E-state index in [4.69, 9.17) is 16.3 Å². The second-order valence-electron chi connectivity index (χ2n) is 8.42. The van der Waals surface area contributed by atoms with Crippen LogP contribution in [0.5, 0.6) is 0 Å². The molecule has 1 heterocycles. The van der Waals surface area contributed by atoms with Crippen molar-refractivity contribution in [3.63, 3.8) is 0 Å². The highest BCUT2D eigenvalue weighted by Crippen LogP contribution is 2.34. The van der Waals surface area contributed by atoms with Gasteiger partial charge in [0.15, 0.2) is 0 Å². The molecule has 0 N–H and O–H groups in total. The number of hydrogen-bond acceptors (Lipinski definition) is 4. The van der Waals surface area contributed by atoms with Crippen molar-refractivity contribution in [2.24, 2.45) is 11.0 Å². The Balaban J connectivity index is 1.60. The van der Waals surface area contributed by atoms with Crippen LogP contribution in [0.25, 0.3) is 0 Å². The maximum absolute atomic E-state index is 14.5. The van der Waals surface area contributed by atoms with E-state index in [-0.39, 0.29) is 30.1 Å². The fourth-order valence-corrected chi connectivity index (χ4v) is 4.29. The summed E-state index contributed by atoms with van der Waals surface area (Å²) in [6, 6.07) is 13.2. The number of hydrogen-bond donors (Lipinski definition) is 0. The predicted octanol–water partition coefficient (Wildman–Crippen LogP) is 4.43. The summed E-state index contributed by atoms with van der Waals surface area (Å²) in [6.07, 6.45) is 3.10. The SMILES string of the molecule is COCCN(CC(=O)N1N=C(c2ccccc2F)C[C@H]1c1ccc(Cl)cc1)C(=O)C1CCC1. The van der Waals surface area contributed by atoms with Crippen molar-refractivity contribution in [3.8, 4) is 0 Å². The summed E-state index contributed by atoms with van der Waals surface area (Å²) >= 11 is 6.05. The summed E-state index contributed by atoms with van der Waals surface area (Å²) in [5, 5.41) is 6.50. The molecule has 0 bridgehead atoms. The highest BCUT2D eigenvalue weighted by Gasteiger charge is 2.36. The Bertz CT molecular complexity index is 1040. The predicted molar refractivity (Wildman–Crippen MR) is 124 cm³/mol. The van der Waals surface area contributed by atoms with E-state index < -0.39 is 6.04 Å². The summed E-state index contributed by atoms with van der Waals surface area (Å²) in [7, 11) is 1.57. The van der Waals surface area contributed by atoms with Crippen molar-refractivity contribution in [2.45, 2.75) is 31.7 Å². The Morgan fingerprint density at radius 3 is 2.55 bits per heavy atom. The van der Waals surface area contributed by atoms with Crippen LogP contribution < -0.4 is 0 Å². The molecular weight excluding hydrogens is 445 g/mol. The molecule has 2 aromatic carbocycles. The van der Waals surface area contributed by atoms with E-state index in [1.807, 2.05) is 12.1 Å². The van der Waals surface area contributed by atoms with Crippen molar-refractivity contribution < 1.29 is 18.7 Å². The van der Waals surface area contributed by atoms with E-state index in [0.29, 0.717) is 35.9 Å². The third-order valence-electron chi connectivity index (χ3n) is 6.26. The van der Waals surface area contributed by atoms with Gasteiger partial charge in [0.1, 0.15) is 12.4 Å². The topological polar surface area (TPSA) is 62.2 Å². The number of methoxy groups -OCH3 is 1. The monoisotopic (exact) mass is 471 g/mol. The lowest BCUT2D eigenvalue weighted by molar-refractivity contribution is -0.146. The van der Waals surface area contributed by atoms with E-state index in [2.05, 4.69) is 5.10 Å². The number of halogens is 2. The number of benzene rings is 2. The molecule has 33 heavy (non-hydrogen) atoms. The molecule has 1 atom stereocenters. The molecule has 0 aromatic heterocycles. The summed E-state index contributed by atoms with van der Waals surface area (Å²) < 4.78 is 19.6. The van der Waals surface area contributed by atoms with E-state index in [1.165, 1.54) is 11.1 Å². The average molecular weight is 472 g/mol. The molecule has 2 aromatic rings. The molecule has 2 aliphatic rings. The van der Waals surface area contributed by atoms with Crippen LogP contribution in [0.4, 0.5) is 4.39 Å². The molecule has 6 nitrogen and oxygen atoms in total. The van der Waals surface area contributed by atoms with E-state index in [9.17, 15) is 14.0 Å². The number of nitrogens with zero attached hydrogens (tertiary/aromatic N) is 3. The van der Waals surface area contributed by atoms with Crippen LogP contribution in [0, 0.1) is 11.7 Å². The summed E-state index contributed by atoms with van der Waals surface area (Å²) in [5.41, 5.74) is 1.71. The first-order valence-electron chi connectivity index (χ1n) is 11.2. The third kappa shape index (κ3) is 5.25. The summed E-state index contributed by atoms with van der Waals surface area (Å²) in [4.78, 5) is 27.9. The lowest BCUT2D eigenvalue weighted by Crippen LogP contribution is -2.46. The van der Waals surface area contributed by atoms with E-state index in [0.717, 1.165) is 24.8 Å².